The SMILES string of the molecule is Cc1noc([C@@H]2CCN(C(=O)c3ccc(-n4cncn4)cc3C)C2)n1. The van der Waals surface area contributed by atoms with Gasteiger partial charge in [-0.2, -0.15) is 10.1 Å². The van der Waals surface area contributed by atoms with Crippen LogP contribution in [-0.4, -0.2) is 48.8 Å². The van der Waals surface area contributed by atoms with E-state index in [1.54, 1.807) is 17.9 Å². The van der Waals surface area contributed by atoms with Gasteiger partial charge in [-0.1, -0.05) is 5.16 Å². The predicted octanol–water partition coefficient (Wildman–Crippen LogP) is 1.90. The van der Waals surface area contributed by atoms with Crippen LogP contribution in [-0.2, 0) is 0 Å². The van der Waals surface area contributed by atoms with Crippen LogP contribution in [0.2, 0.25) is 0 Å². The average molecular weight is 338 g/mol. The van der Waals surface area contributed by atoms with Crippen molar-refractivity contribution < 1.29 is 9.32 Å². The standard InChI is InChI=1S/C17H18N6O2/c1-11-7-14(23-10-18-9-19-23)3-4-15(11)17(24)22-6-5-13(8-22)16-20-12(2)21-25-16/h3-4,7,9-10,13H,5-6,8H2,1-2H3/t13-/m1/s1. The van der Waals surface area contributed by atoms with Gasteiger partial charge in [0.1, 0.15) is 12.7 Å². The number of rotatable bonds is 3. The fraction of sp³-hybridized carbons (Fsp3) is 0.353. The molecular formula is C17H18N6O2. The minimum absolute atomic E-state index is 0.0291. The van der Waals surface area contributed by atoms with Crippen molar-refractivity contribution >= 4 is 5.91 Å². The van der Waals surface area contributed by atoms with Gasteiger partial charge in [-0.25, -0.2) is 9.67 Å². The number of carbonyl (C=O) groups is 1. The van der Waals surface area contributed by atoms with E-state index in [4.69, 9.17) is 4.52 Å². The maximum atomic E-state index is 12.9. The summed E-state index contributed by atoms with van der Waals surface area (Å²) in [4.78, 5) is 23.0. The predicted molar refractivity (Wildman–Crippen MR) is 88.4 cm³/mol. The molecule has 1 aliphatic rings. The fourth-order valence-corrected chi connectivity index (χ4v) is 3.17. The molecule has 0 spiro atoms. The second kappa shape index (κ2) is 6.12. The van der Waals surface area contributed by atoms with Crippen LogP contribution in [0.1, 0.15) is 40.0 Å². The van der Waals surface area contributed by atoms with E-state index in [2.05, 4.69) is 20.2 Å². The average Bonchev–Trinajstić information content (AvgIpc) is 3.35. The van der Waals surface area contributed by atoms with Gasteiger partial charge in [0.25, 0.3) is 5.91 Å². The van der Waals surface area contributed by atoms with E-state index >= 15 is 0 Å². The summed E-state index contributed by atoms with van der Waals surface area (Å²) in [7, 11) is 0. The minimum atomic E-state index is 0.0291. The lowest BCUT2D eigenvalue weighted by Crippen LogP contribution is -2.29. The molecule has 3 aromatic rings. The molecule has 8 heteroatoms. The van der Waals surface area contributed by atoms with E-state index in [-0.39, 0.29) is 11.8 Å². The molecule has 0 radical (unpaired) electrons. The highest BCUT2D eigenvalue weighted by molar-refractivity contribution is 5.96. The molecule has 128 valence electrons. The second-order valence-electron chi connectivity index (χ2n) is 6.26. The molecule has 1 aromatic carbocycles. The van der Waals surface area contributed by atoms with E-state index in [0.717, 1.165) is 17.7 Å². The number of aryl methyl sites for hydroxylation is 2. The Morgan fingerprint density at radius 2 is 2.20 bits per heavy atom. The van der Waals surface area contributed by atoms with E-state index in [9.17, 15) is 4.79 Å². The van der Waals surface area contributed by atoms with Gasteiger partial charge >= 0.3 is 0 Å². The summed E-state index contributed by atoms with van der Waals surface area (Å²) in [5, 5.41) is 7.95. The first kappa shape index (κ1) is 15.5. The third kappa shape index (κ3) is 2.90. The van der Waals surface area contributed by atoms with Gasteiger partial charge < -0.3 is 9.42 Å². The summed E-state index contributed by atoms with van der Waals surface area (Å²) in [6, 6.07) is 5.67. The van der Waals surface area contributed by atoms with Crippen LogP contribution in [0, 0.1) is 13.8 Å². The number of benzene rings is 1. The summed E-state index contributed by atoms with van der Waals surface area (Å²) in [5.74, 6) is 1.38. The molecule has 2 aromatic heterocycles. The van der Waals surface area contributed by atoms with Gasteiger partial charge in [0.05, 0.1) is 11.6 Å². The minimum Gasteiger partial charge on any atom is -0.339 e. The lowest BCUT2D eigenvalue weighted by atomic mass is 10.1. The van der Waals surface area contributed by atoms with Crippen molar-refractivity contribution in [1.29, 1.82) is 0 Å². The summed E-state index contributed by atoms with van der Waals surface area (Å²) >= 11 is 0. The molecular weight excluding hydrogens is 320 g/mol. The number of nitrogens with zero attached hydrogens (tertiary/aromatic N) is 6. The van der Waals surface area contributed by atoms with E-state index in [1.807, 2.05) is 30.0 Å². The largest absolute Gasteiger partial charge is 0.339 e. The van der Waals surface area contributed by atoms with Crippen molar-refractivity contribution in [2.75, 3.05) is 13.1 Å². The van der Waals surface area contributed by atoms with Gasteiger partial charge in [-0.15, -0.1) is 0 Å². The summed E-state index contributed by atoms with van der Waals surface area (Å²) in [6.45, 7) is 5.02. The van der Waals surface area contributed by atoms with Gasteiger partial charge in [0.2, 0.25) is 5.89 Å². The van der Waals surface area contributed by atoms with E-state index < -0.39 is 0 Å². The van der Waals surface area contributed by atoms with Crippen LogP contribution < -0.4 is 0 Å². The number of hydrogen-bond acceptors (Lipinski definition) is 6. The first-order chi connectivity index (χ1) is 12.1. The molecule has 1 aliphatic heterocycles. The van der Waals surface area contributed by atoms with Crippen LogP contribution in [0.3, 0.4) is 0 Å². The summed E-state index contributed by atoms with van der Waals surface area (Å²) < 4.78 is 6.92. The molecule has 1 atom stereocenters. The number of hydrogen-bond donors (Lipinski definition) is 0. The molecule has 0 unspecified atom stereocenters. The Hall–Kier alpha value is -3.03. The van der Waals surface area contributed by atoms with Crippen LogP contribution >= 0.6 is 0 Å². The van der Waals surface area contributed by atoms with Crippen LogP contribution in [0.5, 0.6) is 0 Å². The van der Waals surface area contributed by atoms with Crippen LogP contribution in [0.25, 0.3) is 5.69 Å². The number of carbonyl (C=O) groups excluding carboxylic acids is 1. The Morgan fingerprint density at radius 1 is 1.32 bits per heavy atom. The molecule has 4 rings (SSSR count). The Kier molecular flexibility index (Phi) is 3.79. The van der Waals surface area contributed by atoms with Crippen molar-refractivity contribution in [3.8, 4) is 5.69 Å². The zero-order valence-electron chi connectivity index (χ0n) is 14.1. The number of aromatic nitrogens is 5. The van der Waals surface area contributed by atoms with Gasteiger partial charge in [0.15, 0.2) is 5.82 Å². The van der Waals surface area contributed by atoms with Crippen molar-refractivity contribution in [2.24, 2.45) is 0 Å². The van der Waals surface area contributed by atoms with Gasteiger partial charge in [0, 0.05) is 18.7 Å². The molecule has 0 bridgehead atoms. The van der Waals surface area contributed by atoms with Crippen LogP contribution in [0.15, 0.2) is 35.4 Å². The Labute approximate surface area is 144 Å². The van der Waals surface area contributed by atoms with Crippen LogP contribution in [0.4, 0.5) is 0 Å². The third-order valence-corrected chi connectivity index (χ3v) is 4.49. The Balaban J connectivity index is 1.51. The Bertz CT molecular complexity index is 902. The molecule has 1 amide bonds. The fourth-order valence-electron chi connectivity index (χ4n) is 3.17. The lowest BCUT2D eigenvalue weighted by molar-refractivity contribution is 0.0789. The Morgan fingerprint density at radius 3 is 2.88 bits per heavy atom. The zero-order chi connectivity index (χ0) is 17.4. The second-order valence-corrected chi connectivity index (χ2v) is 6.26. The van der Waals surface area contributed by atoms with E-state index in [0.29, 0.717) is 30.4 Å². The first-order valence-corrected chi connectivity index (χ1v) is 8.17. The normalized spacial score (nSPS) is 17.2. The van der Waals surface area contributed by atoms with Gasteiger partial charge in [-0.05, 0) is 44.0 Å². The highest BCUT2D eigenvalue weighted by Gasteiger charge is 2.31. The molecule has 1 fully saturated rings. The molecule has 8 nitrogen and oxygen atoms in total. The molecule has 0 saturated carbocycles. The number of amides is 1. The highest BCUT2D eigenvalue weighted by Crippen LogP contribution is 2.27. The topological polar surface area (TPSA) is 89.9 Å². The molecule has 25 heavy (non-hydrogen) atoms. The highest BCUT2D eigenvalue weighted by atomic mass is 16.5. The molecule has 0 N–H and O–H groups in total. The smallest absolute Gasteiger partial charge is 0.254 e. The maximum Gasteiger partial charge on any atom is 0.254 e. The quantitative estimate of drug-likeness (QED) is 0.724. The number of likely N-dealkylation sites (tertiary alicyclic amines) is 1. The third-order valence-electron chi connectivity index (χ3n) is 4.49. The monoisotopic (exact) mass is 338 g/mol. The summed E-state index contributed by atoms with van der Waals surface area (Å²) in [5.41, 5.74) is 2.49. The zero-order valence-corrected chi connectivity index (χ0v) is 14.1. The first-order valence-electron chi connectivity index (χ1n) is 8.17. The molecule has 1 saturated heterocycles. The lowest BCUT2D eigenvalue weighted by Gasteiger charge is -2.17. The van der Waals surface area contributed by atoms with Crippen molar-refractivity contribution in [3.05, 3.63) is 53.7 Å². The maximum absolute atomic E-state index is 12.9. The summed E-state index contributed by atoms with van der Waals surface area (Å²) in [6.07, 6.45) is 3.95. The van der Waals surface area contributed by atoms with Crippen molar-refractivity contribution in [1.82, 2.24) is 29.8 Å². The molecule has 0 aliphatic carbocycles. The molecule has 3 heterocycles. The van der Waals surface area contributed by atoms with Crippen molar-refractivity contribution in [2.45, 2.75) is 26.2 Å². The van der Waals surface area contributed by atoms with Crippen molar-refractivity contribution in [3.63, 3.8) is 0 Å². The van der Waals surface area contributed by atoms with Gasteiger partial charge in [-0.3, -0.25) is 4.79 Å². The van der Waals surface area contributed by atoms with E-state index in [1.165, 1.54) is 6.33 Å².